The minimum Gasteiger partial charge on any atom is -0.488 e. The smallest absolute Gasteiger partial charge is 0.126 e. The predicted octanol–water partition coefficient (Wildman–Crippen LogP) is 3.56. The Morgan fingerprint density at radius 1 is 1.05 bits per heavy atom. The van der Waals surface area contributed by atoms with Gasteiger partial charge in [0.05, 0.1) is 0 Å². The fourth-order valence-corrected chi connectivity index (χ4v) is 3.24. The summed E-state index contributed by atoms with van der Waals surface area (Å²) in [6, 6.07) is 16.9. The lowest BCUT2D eigenvalue weighted by molar-refractivity contribution is 0.243. The van der Waals surface area contributed by atoms with Crippen LogP contribution in [0, 0.1) is 0 Å². The van der Waals surface area contributed by atoms with Crippen LogP contribution >= 0.6 is 0 Å². The Labute approximate surface area is 130 Å². The van der Waals surface area contributed by atoms with Crippen molar-refractivity contribution in [3.05, 3.63) is 65.4 Å². The van der Waals surface area contributed by atoms with Crippen LogP contribution in [0.3, 0.4) is 0 Å². The van der Waals surface area contributed by atoms with Crippen molar-refractivity contribution in [1.29, 1.82) is 0 Å². The van der Waals surface area contributed by atoms with E-state index >= 15 is 0 Å². The molecule has 112 valence electrons. The van der Waals surface area contributed by atoms with Crippen LogP contribution in [-0.2, 0) is 19.4 Å². The van der Waals surface area contributed by atoms with Crippen molar-refractivity contribution in [1.82, 2.24) is 4.98 Å². The van der Waals surface area contributed by atoms with E-state index in [9.17, 15) is 0 Å². The van der Waals surface area contributed by atoms with Crippen molar-refractivity contribution in [2.24, 2.45) is 5.73 Å². The molecule has 0 fully saturated rings. The maximum atomic E-state index is 5.99. The van der Waals surface area contributed by atoms with E-state index in [1.807, 2.05) is 18.2 Å². The SMILES string of the molecule is NC1CCc2[nH]c3ccccc3c2C1.c1ccc2c(c1)CO2. The van der Waals surface area contributed by atoms with Gasteiger partial charge in [-0.25, -0.2) is 0 Å². The molecule has 0 saturated carbocycles. The Kier molecular flexibility index (Phi) is 3.35. The number of hydrogen-bond donors (Lipinski definition) is 2. The molecule has 0 bridgehead atoms. The molecule has 0 radical (unpaired) electrons. The number of aromatic nitrogens is 1. The monoisotopic (exact) mass is 292 g/mol. The molecular formula is C19H20N2O. The van der Waals surface area contributed by atoms with Gasteiger partial charge >= 0.3 is 0 Å². The highest BCUT2D eigenvalue weighted by molar-refractivity contribution is 5.84. The average molecular weight is 292 g/mol. The minimum absolute atomic E-state index is 0.349. The normalized spacial score (nSPS) is 18.3. The van der Waals surface area contributed by atoms with Crippen molar-refractivity contribution >= 4 is 10.9 Å². The first-order valence-corrected chi connectivity index (χ1v) is 7.86. The van der Waals surface area contributed by atoms with Crippen molar-refractivity contribution < 1.29 is 4.74 Å². The fourth-order valence-electron chi connectivity index (χ4n) is 3.24. The fraction of sp³-hybridized carbons (Fsp3) is 0.263. The number of aryl methyl sites for hydroxylation is 1. The molecule has 3 nitrogen and oxygen atoms in total. The van der Waals surface area contributed by atoms with Crippen molar-refractivity contribution in [3.63, 3.8) is 0 Å². The van der Waals surface area contributed by atoms with Crippen LogP contribution < -0.4 is 10.5 Å². The number of nitrogens with two attached hydrogens (primary N) is 1. The zero-order valence-corrected chi connectivity index (χ0v) is 12.5. The van der Waals surface area contributed by atoms with Gasteiger partial charge < -0.3 is 15.5 Å². The molecule has 0 amide bonds. The molecule has 1 atom stereocenters. The average Bonchev–Trinajstić information content (AvgIpc) is 2.87. The van der Waals surface area contributed by atoms with Crippen LogP contribution in [-0.4, -0.2) is 11.0 Å². The van der Waals surface area contributed by atoms with E-state index in [0.717, 1.165) is 31.6 Å². The molecule has 22 heavy (non-hydrogen) atoms. The number of ether oxygens (including phenoxy) is 1. The molecule has 1 unspecified atom stereocenters. The van der Waals surface area contributed by atoms with Crippen LogP contribution in [0.15, 0.2) is 48.5 Å². The third-order valence-electron chi connectivity index (χ3n) is 4.49. The van der Waals surface area contributed by atoms with Gasteiger partial charge in [-0.1, -0.05) is 36.4 Å². The van der Waals surface area contributed by atoms with Crippen molar-refractivity contribution in [3.8, 4) is 5.75 Å². The van der Waals surface area contributed by atoms with Crippen LogP contribution in [0.4, 0.5) is 0 Å². The maximum Gasteiger partial charge on any atom is 0.126 e. The van der Waals surface area contributed by atoms with Crippen molar-refractivity contribution in [2.45, 2.75) is 31.9 Å². The molecular weight excluding hydrogens is 272 g/mol. The molecule has 2 heterocycles. The Morgan fingerprint density at radius 3 is 2.59 bits per heavy atom. The summed E-state index contributed by atoms with van der Waals surface area (Å²) in [6.07, 6.45) is 3.24. The van der Waals surface area contributed by atoms with E-state index in [2.05, 4.69) is 35.3 Å². The van der Waals surface area contributed by atoms with E-state index < -0.39 is 0 Å². The molecule has 3 N–H and O–H groups in total. The summed E-state index contributed by atoms with van der Waals surface area (Å²) in [4.78, 5) is 3.48. The van der Waals surface area contributed by atoms with Gasteiger partial charge in [0.15, 0.2) is 0 Å². The lowest BCUT2D eigenvalue weighted by atomic mass is 9.92. The standard InChI is InChI=1S/C12H14N2.C7H6O/c13-8-5-6-12-10(7-8)9-3-1-2-4-11(9)14-12;1-2-4-7-6(3-1)5-8-7/h1-4,8,14H,5-7,13H2;1-4H,5H2. The number of hydrogen-bond acceptors (Lipinski definition) is 2. The second-order valence-electron chi connectivity index (χ2n) is 6.03. The van der Waals surface area contributed by atoms with Gasteiger partial charge in [-0.15, -0.1) is 0 Å². The van der Waals surface area contributed by atoms with E-state index in [0.29, 0.717) is 6.04 Å². The van der Waals surface area contributed by atoms with E-state index in [1.165, 1.54) is 27.7 Å². The van der Waals surface area contributed by atoms with Crippen molar-refractivity contribution in [2.75, 3.05) is 0 Å². The highest BCUT2D eigenvalue weighted by Crippen LogP contribution is 2.28. The number of H-pyrrole nitrogens is 1. The Balaban J connectivity index is 0.000000132. The Bertz CT molecular complexity index is 783. The summed E-state index contributed by atoms with van der Waals surface area (Å²) in [5.74, 6) is 1.05. The zero-order chi connectivity index (χ0) is 14.9. The number of benzene rings is 2. The first kappa shape index (κ1) is 13.4. The summed E-state index contributed by atoms with van der Waals surface area (Å²) in [5, 5.41) is 1.36. The van der Waals surface area contributed by atoms with Crippen LogP contribution in [0.1, 0.15) is 23.2 Å². The number of rotatable bonds is 0. The third-order valence-corrected chi connectivity index (χ3v) is 4.49. The van der Waals surface area contributed by atoms with Gasteiger partial charge in [0.25, 0.3) is 0 Å². The number of nitrogens with one attached hydrogen (secondary N) is 1. The number of fused-ring (bicyclic) bond motifs is 4. The van der Waals surface area contributed by atoms with Gasteiger partial charge in [-0.2, -0.15) is 0 Å². The molecule has 2 aliphatic rings. The largest absolute Gasteiger partial charge is 0.488 e. The van der Waals surface area contributed by atoms with E-state index in [4.69, 9.17) is 10.5 Å². The number of para-hydroxylation sites is 2. The van der Waals surface area contributed by atoms with Gasteiger partial charge in [0.2, 0.25) is 0 Å². The zero-order valence-electron chi connectivity index (χ0n) is 12.5. The second-order valence-corrected chi connectivity index (χ2v) is 6.03. The predicted molar refractivity (Wildman–Crippen MR) is 89.1 cm³/mol. The van der Waals surface area contributed by atoms with Gasteiger partial charge in [0, 0.05) is 28.2 Å². The summed E-state index contributed by atoms with van der Waals surface area (Å²) in [5.41, 5.74) is 11.4. The van der Waals surface area contributed by atoms with Crippen LogP contribution in [0.25, 0.3) is 10.9 Å². The number of aromatic amines is 1. The molecule has 5 rings (SSSR count). The highest BCUT2D eigenvalue weighted by Gasteiger charge is 2.19. The minimum atomic E-state index is 0.349. The third kappa shape index (κ3) is 2.38. The van der Waals surface area contributed by atoms with Gasteiger partial charge in [-0.05, 0) is 37.0 Å². The Morgan fingerprint density at radius 2 is 1.86 bits per heavy atom. The van der Waals surface area contributed by atoms with Gasteiger partial charge in [-0.3, -0.25) is 0 Å². The first-order valence-electron chi connectivity index (χ1n) is 7.86. The highest BCUT2D eigenvalue weighted by atomic mass is 16.5. The summed E-state index contributed by atoms with van der Waals surface area (Å²) >= 11 is 0. The summed E-state index contributed by atoms with van der Waals surface area (Å²) in [7, 11) is 0. The van der Waals surface area contributed by atoms with E-state index in [1.54, 1.807) is 0 Å². The topological polar surface area (TPSA) is 51.0 Å². The molecule has 1 aliphatic heterocycles. The lowest BCUT2D eigenvalue weighted by Crippen LogP contribution is -2.27. The molecule has 2 aromatic carbocycles. The molecule has 3 heteroatoms. The first-order chi connectivity index (χ1) is 10.8. The maximum absolute atomic E-state index is 5.99. The van der Waals surface area contributed by atoms with Crippen LogP contribution in [0.5, 0.6) is 5.75 Å². The second kappa shape index (κ2) is 5.50. The summed E-state index contributed by atoms with van der Waals surface area (Å²) < 4.78 is 5.08. The van der Waals surface area contributed by atoms with Crippen LogP contribution in [0.2, 0.25) is 0 Å². The molecule has 0 spiro atoms. The molecule has 1 aliphatic carbocycles. The molecule has 3 aromatic rings. The summed E-state index contributed by atoms with van der Waals surface area (Å²) in [6.45, 7) is 0.802. The Hall–Kier alpha value is -2.26. The van der Waals surface area contributed by atoms with E-state index in [-0.39, 0.29) is 0 Å². The quantitative estimate of drug-likeness (QED) is 0.665. The molecule has 0 saturated heterocycles. The molecule has 1 aromatic heterocycles. The van der Waals surface area contributed by atoms with Gasteiger partial charge in [0.1, 0.15) is 12.4 Å². The lowest BCUT2D eigenvalue weighted by Gasteiger charge is -2.18.